The summed E-state index contributed by atoms with van der Waals surface area (Å²) in [7, 11) is 1.41. The molecule has 1 N–H and O–H groups in total. The highest BCUT2D eigenvalue weighted by molar-refractivity contribution is 5.94. The lowest BCUT2D eigenvalue weighted by atomic mass is 10.2. The predicted octanol–water partition coefficient (Wildman–Crippen LogP) is 2.76. The number of nitrogens with one attached hydrogen (secondary N) is 1. The number of benzene rings is 2. The van der Waals surface area contributed by atoms with E-state index < -0.39 is 5.82 Å². The largest absolute Gasteiger partial charge is 0.494 e. The van der Waals surface area contributed by atoms with Crippen molar-refractivity contribution < 1.29 is 13.9 Å². The van der Waals surface area contributed by atoms with Crippen molar-refractivity contribution in [3.63, 3.8) is 0 Å². The zero-order valence-electron chi connectivity index (χ0n) is 10.5. The van der Waals surface area contributed by atoms with Gasteiger partial charge in [0.25, 0.3) is 5.91 Å². The molecule has 2 rings (SSSR count). The number of ether oxygens (including phenoxy) is 1. The third kappa shape index (κ3) is 3.31. The summed E-state index contributed by atoms with van der Waals surface area (Å²) in [5, 5.41) is 2.73. The van der Waals surface area contributed by atoms with Crippen LogP contribution >= 0.6 is 0 Å². The molecule has 0 aliphatic carbocycles. The van der Waals surface area contributed by atoms with Crippen molar-refractivity contribution in [2.45, 2.75) is 6.54 Å². The van der Waals surface area contributed by atoms with E-state index in [9.17, 15) is 9.18 Å². The van der Waals surface area contributed by atoms with E-state index in [1.165, 1.54) is 13.2 Å². The molecule has 2 aromatic carbocycles. The van der Waals surface area contributed by atoms with Crippen molar-refractivity contribution in [2.75, 3.05) is 7.11 Å². The molecule has 0 spiro atoms. The number of amides is 1. The Morgan fingerprint density at radius 3 is 2.58 bits per heavy atom. The Hall–Kier alpha value is -2.36. The number of halogens is 1. The molecule has 0 saturated carbocycles. The molecule has 4 heteroatoms. The van der Waals surface area contributed by atoms with E-state index in [-0.39, 0.29) is 18.2 Å². The van der Waals surface area contributed by atoms with Crippen molar-refractivity contribution in [3.05, 3.63) is 65.5 Å². The lowest BCUT2D eigenvalue weighted by Gasteiger charge is -2.07. The number of hydrogen-bond acceptors (Lipinski definition) is 2. The first-order chi connectivity index (χ1) is 9.20. The summed E-state index contributed by atoms with van der Waals surface area (Å²) in [6.45, 7) is 0.272. The molecule has 0 radical (unpaired) electrons. The molecule has 0 bridgehead atoms. The summed E-state index contributed by atoms with van der Waals surface area (Å²) in [6.07, 6.45) is 0. The van der Waals surface area contributed by atoms with Crippen molar-refractivity contribution in [1.82, 2.24) is 5.32 Å². The van der Waals surface area contributed by atoms with Crippen molar-refractivity contribution in [1.29, 1.82) is 0 Å². The number of carbonyl (C=O) groups is 1. The normalized spacial score (nSPS) is 10.0. The second-order valence-electron chi connectivity index (χ2n) is 4.02. The van der Waals surface area contributed by atoms with Gasteiger partial charge in [0.15, 0.2) is 11.6 Å². The molecule has 0 aliphatic rings. The Labute approximate surface area is 111 Å². The maximum atomic E-state index is 13.5. The summed E-state index contributed by atoms with van der Waals surface area (Å²) in [4.78, 5) is 11.8. The van der Waals surface area contributed by atoms with Crippen molar-refractivity contribution in [3.8, 4) is 5.75 Å². The smallest absolute Gasteiger partial charge is 0.251 e. The van der Waals surface area contributed by atoms with Gasteiger partial charge in [0, 0.05) is 12.1 Å². The average molecular weight is 259 g/mol. The Balaban J connectivity index is 1.99. The van der Waals surface area contributed by atoms with E-state index in [4.69, 9.17) is 4.74 Å². The Bertz CT molecular complexity index is 570. The first-order valence-electron chi connectivity index (χ1n) is 5.86. The van der Waals surface area contributed by atoms with Crippen LogP contribution in [0.5, 0.6) is 5.75 Å². The van der Waals surface area contributed by atoms with Gasteiger partial charge in [0.2, 0.25) is 0 Å². The minimum atomic E-state index is -0.436. The Morgan fingerprint density at radius 2 is 1.95 bits per heavy atom. The van der Waals surface area contributed by atoms with Gasteiger partial charge in [-0.1, -0.05) is 24.3 Å². The zero-order chi connectivity index (χ0) is 13.7. The highest BCUT2D eigenvalue weighted by Crippen LogP contribution is 2.17. The van der Waals surface area contributed by atoms with Crippen molar-refractivity contribution in [2.24, 2.45) is 0 Å². The highest BCUT2D eigenvalue weighted by atomic mass is 19.1. The highest BCUT2D eigenvalue weighted by Gasteiger charge is 2.06. The topological polar surface area (TPSA) is 38.3 Å². The summed E-state index contributed by atoms with van der Waals surface area (Å²) >= 11 is 0. The molecular formula is C15H14FNO2. The van der Waals surface area contributed by atoms with Gasteiger partial charge in [-0.3, -0.25) is 4.79 Å². The third-order valence-corrected chi connectivity index (χ3v) is 2.71. The van der Waals surface area contributed by atoms with Gasteiger partial charge < -0.3 is 10.1 Å². The molecular weight excluding hydrogens is 245 g/mol. The van der Waals surface area contributed by atoms with Crippen LogP contribution < -0.4 is 10.1 Å². The van der Waals surface area contributed by atoms with Crippen LogP contribution in [0.1, 0.15) is 15.9 Å². The van der Waals surface area contributed by atoms with E-state index in [1.54, 1.807) is 36.4 Å². The number of methoxy groups -OCH3 is 1. The van der Waals surface area contributed by atoms with Gasteiger partial charge in [0.1, 0.15) is 0 Å². The Kier molecular flexibility index (Phi) is 4.13. The van der Waals surface area contributed by atoms with Crippen LogP contribution in [0.4, 0.5) is 4.39 Å². The summed E-state index contributed by atoms with van der Waals surface area (Å²) in [5.74, 6) is -0.427. The van der Waals surface area contributed by atoms with E-state index >= 15 is 0 Å². The Morgan fingerprint density at radius 1 is 1.21 bits per heavy atom. The second-order valence-corrected chi connectivity index (χ2v) is 4.02. The molecule has 0 saturated heterocycles. The lowest BCUT2D eigenvalue weighted by molar-refractivity contribution is 0.0951. The van der Waals surface area contributed by atoms with Crippen LogP contribution in [0.2, 0.25) is 0 Å². The van der Waals surface area contributed by atoms with Crippen LogP contribution in [0.3, 0.4) is 0 Å². The molecule has 0 unspecified atom stereocenters. The number of rotatable bonds is 4. The third-order valence-electron chi connectivity index (χ3n) is 2.71. The van der Waals surface area contributed by atoms with Crippen LogP contribution in [-0.4, -0.2) is 13.0 Å². The molecule has 98 valence electrons. The fourth-order valence-corrected chi connectivity index (χ4v) is 1.69. The zero-order valence-corrected chi connectivity index (χ0v) is 10.5. The summed E-state index contributed by atoms with van der Waals surface area (Å²) in [6, 6.07) is 13.5. The van der Waals surface area contributed by atoms with E-state index in [2.05, 4.69) is 5.32 Å². The predicted molar refractivity (Wildman–Crippen MR) is 70.6 cm³/mol. The molecule has 3 nitrogen and oxygen atoms in total. The van der Waals surface area contributed by atoms with E-state index in [1.807, 2.05) is 6.07 Å². The average Bonchev–Trinajstić information content (AvgIpc) is 2.46. The maximum Gasteiger partial charge on any atom is 0.251 e. The fraction of sp³-hybridized carbons (Fsp3) is 0.133. The number of carbonyl (C=O) groups excluding carboxylic acids is 1. The van der Waals surface area contributed by atoms with Gasteiger partial charge >= 0.3 is 0 Å². The van der Waals surface area contributed by atoms with E-state index in [0.717, 1.165) is 0 Å². The van der Waals surface area contributed by atoms with Gasteiger partial charge in [0.05, 0.1) is 7.11 Å². The monoisotopic (exact) mass is 259 g/mol. The van der Waals surface area contributed by atoms with E-state index in [0.29, 0.717) is 11.1 Å². The minimum absolute atomic E-state index is 0.183. The summed E-state index contributed by atoms with van der Waals surface area (Å²) in [5.41, 5.74) is 1.26. The molecule has 2 aromatic rings. The van der Waals surface area contributed by atoms with Gasteiger partial charge in [-0.15, -0.1) is 0 Å². The molecule has 0 atom stereocenters. The first kappa shape index (κ1) is 13.1. The molecule has 0 aromatic heterocycles. The molecule has 1 amide bonds. The lowest BCUT2D eigenvalue weighted by Crippen LogP contribution is -2.22. The summed E-state index contributed by atoms with van der Waals surface area (Å²) < 4.78 is 18.3. The van der Waals surface area contributed by atoms with Gasteiger partial charge in [-0.05, 0) is 29.8 Å². The first-order valence-corrected chi connectivity index (χ1v) is 5.86. The SMILES string of the molecule is COc1ccc(CNC(=O)c2ccccc2)cc1F. The quantitative estimate of drug-likeness (QED) is 0.916. The molecule has 0 aliphatic heterocycles. The van der Waals surface area contributed by atoms with Gasteiger partial charge in [-0.2, -0.15) is 0 Å². The fourth-order valence-electron chi connectivity index (χ4n) is 1.69. The van der Waals surface area contributed by atoms with Gasteiger partial charge in [-0.25, -0.2) is 4.39 Å². The maximum absolute atomic E-state index is 13.5. The van der Waals surface area contributed by atoms with Crippen LogP contribution in [-0.2, 0) is 6.54 Å². The molecule has 0 heterocycles. The van der Waals surface area contributed by atoms with Crippen LogP contribution in [0.25, 0.3) is 0 Å². The second kappa shape index (κ2) is 6.00. The molecule has 0 fully saturated rings. The standard InChI is InChI=1S/C15H14FNO2/c1-19-14-8-7-11(9-13(14)16)10-17-15(18)12-5-3-2-4-6-12/h2-9H,10H2,1H3,(H,17,18). The minimum Gasteiger partial charge on any atom is -0.494 e. The molecule has 19 heavy (non-hydrogen) atoms. The number of hydrogen-bond donors (Lipinski definition) is 1. The van der Waals surface area contributed by atoms with Crippen molar-refractivity contribution >= 4 is 5.91 Å². The van der Waals surface area contributed by atoms with Crippen LogP contribution in [0.15, 0.2) is 48.5 Å². The van der Waals surface area contributed by atoms with Crippen LogP contribution in [0, 0.1) is 5.82 Å².